The molecule has 1 heterocycles. The van der Waals surface area contributed by atoms with Crippen molar-refractivity contribution in [3.05, 3.63) is 30.1 Å². The third-order valence-electron chi connectivity index (χ3n) is 4.03. The zero-order valence-electron chi connectivity index (χ0n) is 8.37. The molecule has 2 aliphatic rings. The van der Waals surface area contributed by atoms with Crippen molar-refractivity contribution in [2.24, 2.45) is 11.1 Å². The predicted octanol–water partition coefficient (Wildman–Crippen LogP) is 2.20. The summed E-state index contributed by atoms with van der Waals surface area (Å²) in [6, 6.07) is 4.09. The second-order valence-corrected chi connectivity index (χ2v) is 5.10. The van der Waals surface area contributed by atoms with Crippen LogP contribution in [0.2, 0.25) is 0 Å². The molecule has 2 nitrogen and oxygen atoms in total. The van der Waals surface area contributed by atoms with E-state index in [1.54, 1.807) is 0 Å². The first-order valence-corrected chi connectivity index (χ1v) is 5.42. The fraction of sp³-hybridized carbons (Fsp3) is 0.583. The van der Waals surface area contributed by atoms with E-state index < -0.39 is 0 Å². The highest BCUT2D eigenvalue weighted by Crippen LogP contribution is 2.62. The van der Waals surface area contributed by atoms with Gasteiger partial charge in [0.15, 0.2) is 0 Å². The van der Waals surface area contributed by atoms with Crippen LogP contribution in [-0.4, -0.2) is 4.98 Å². The van der Waals surface area contributed by atoms with Crippen molar-refractivity contribution in [1.29, 1.82) is 0 Å². The van der Waals surface area contributed by atoms with E-state index in [0.717, 1.165) is 0 Å². The summed E-state index contributed by atoms with van der Waals surface area (Å²) in [5, 5.41) is 0. The van der Waals surface area contributed by atoms with Gasteiger partial charge in [-0.25, -0.2) is 0 Å². The first-order valence-electron chi connectivity index (χ1n) is 5.42. The molecule has 14 heavy (non-hydrogen) atoms. The number of rotatable bonds is 1. The largest absolute Gasteiger partial charge is 0.321 e. The quantitative estimate of drug-likeness (QED) is 0.733. The Morgan fingerprint density at radius 3 is 2.57 bits per heavy atom. The smallest absolute Gasteiger partial charge is 0.0435 e. The van der Waals surface area contributed by atoms with Crippen LogP contribution in [-0.2, 0) is 5.54 Å². The van der Waals surface area contributed by atoms with Gasteiger partial charge in [-0.2, -0.15) is 0 Å². The van der Waals surface area contributed by atoms with Crippen molar-refractivity contribution in [1.82, 2.24) is 4.98 Å². The third-order valence-corrected chi connectivity index (χ3v) is 4.03. The molecule has 2 fully saturated rings. The molecule has 74 valence electrons. The molecule has 1 aromatic rings. The third kappa shape index (κ3) is 1.04. The van der Waals surface area contributed by atoms with E-state index >= 15 is 0 Å². The lowest BCUT2D eigenvalue weighted by atomic mass is 9.47. The summed E-state index contributed by atoms with van der Waals surface area (Å²) in [4.78, 5) is 4.14. The maximum Gasteiger partial charge on any atom is 0.0435 e. The predicted molar refractivity (Wildman–Crippen MR) is 55.6 cm³/mol. The summed E-state index contributed by atoms with van der Waals surface area (Å²) >= 11 is 0. The summed E-state index contributed by atoms with van der Waals surface area (Å²) in [5.41, 5.74) is 8.16. The summed E-state index contributed by atoms with van der Waals surface area (Å²) in [6.07, 6.45) is 10.3. The molecule has 2 aliphatic carbocycles. The Kier molecular flexibility index (Phi) is 1.55. The Labute approximate surface area is 84.5 Å². The molecule has 0 atom stereocenters. The monoisotopic (exact) mass is 188 g/mol. The van der Waals surface area contributed by atoms with E-state index in [-0.39, 0.29) is 5.54 Å². The molecule has 2 heteroatoms. The van der Waals surface area contributed by atoms with Gasteiger partial charge in [0.2, 0.25) is 0 Å². The lowest BCUT2D eigenvalue weighted by Gasteiger charge is -2.59. The zero-order valence-corrected chi connectivity index (χ0v) is 8.37. The highest BCUT2D eigenvalue weighted by atomic mass is 14.8. The molecule has 2 saturated carbocycles. The van der Waals surface area contributed by atoms with Crippen LogP contribution in [0.4, 0.5) is 0 Å². The van der Waals surface area contributed by atoms with E-state index in [2.05, 4.69) is 11.1 Å². The van der Waals surface area contributed by atoms with Gasteiger partial charge in [0, 0.05) is 17.9 Å². The number of nitrogens with two attached hydrogens (primary N) is 1. The molecule has 0 aromatic carbocycles. The van der Waals surface area contributed by atoms with Crippen molar-refractivity contribution in [3.8, 4) is 0 Å². The van der Waals surface area contributed by atoms with Crippen LogP contribution in [0.1, 0.15) is 37.7 Å². The Morgan fingerprint density at radius 1 is 1.29 bits per heavy atom. The van der Waals surface area contributed by atoms with Crippen molar-refractivity contribution in [2.75, 3.05) is 0 Å². The second kappa shape index (κ2) is 2.57. The first kappa shape index (κ1) is 8.42. The highest BCUT2D eigenvalue weighted by molar-refractivity contribution is 5.27. The molecule has 3 rings (SSSR count). The minimum absolute atomic E-state index is 0.0608. The van der Waals surface area contributed by atoms with Gasteiger partial charge < -0.3 is 5.73 Å². The summed E-state index contributed by atoms with van der Waals surface area (Å²) in [5.74, 6) is 0. The minimum atomic E-state index is -0.0608. The number of pyridine rings is 1. The number of aromatic nitrogens is 1. The van der Waals surface area contributed by atoms with E-state index in [4.69, 9.17) is 5.73 Å². The maximum absolute atomic E-state index is 6.37. The molecule has 2 N–H and O–H groups in total. The Morgan fingerprint density at radius 2 is 2.07 bits per heavy atom. The highest BCUT2D eigenvalue weighted by Gasteiger charge is 2.55. The lowest BCUT2D eigenvalue weighted by Crippen LogP contribution is -2.58. The topological polar surface area (TPSA) is 38.9 Å². The van der Waals surface area contributed by atoms with E-state index in [0.29, 0.717) is 5.41 Å². The van der Waals surface area contributed by atoms with Crippen molar-refractivity contribution in [3.63, 3.8) is 0 Å². The maximum atomic E-state index is 6.37. The molecule has 0 bridgehead atoms. The van der Waals surface area contributed by atoms with Gasteiger partial charge in [0.25, 0.3) is 0 Å². The molecule has 1 spiro atoms. The summed E-state index contributed by atoms with van der Waals surface area (Å²) in [7, 11) is 0. The van der Waals surface area contributed by atoms with Gasteiger partial charge in [-0.3, -0.25) is 4.98 Å². The summed E-state index contributed by atoms with van der Waals surface area (Å²) < 4.78 is 0. The number of hydrogen-bond acceptors (Lipinski definition) is 2. The molecule has 0 aliphatic heterocycles. The molecule has 0 radical (unpaired) electrons. The Balaban J connectivity index is 1.81. The van der Waals surface area contributed by atoms with E-state index in [9.17, 15) is 0 Å². The Hall–Kier alpha value is -0.890. The lowest BCUT2D eigenvalue weighted by molar-refractivity contribution is -0.0463. The van der Waals surface area contributed by atoms with Crippen molar-refractivity contribution >= 4 is 0 Å². The van der Waals surface area contributed by atoms with E-state index in [1.807, 2.05) is 18.5 Å². The Bertz CT molecular complexity index is 333. The molecule has 0 unspecified atom stereocenters. The van der Waals surface area contributed by atoms with Crippen LogP contribution in [0, 0.1) is 5.41 Å². The van der Waals surface area contributed by atoms with Gasteiger partial charge in [-0.15, -0.1) is 0 Å². The van der Waals surface area contributed by atoms with E-state index in [1.165, 1.54) is 37.7 Å². The van der Waals surface area contributed by atoms with Crippen LogP contribution in [0.15, 0.2) is 24.5 Å². The van der Waals surface area contributed by atoms with Crippen LogP contribution < -0.4 is 5.73 Å². The van der Waals surface area contributed by atoms with Gasteiger partial charge in [0.05, 0.1) is 0 Å². The minimum Gasteiger partial charge on any atom is -0.321 e. The van der Waals surface area contributed by atoms with Gasteiger partial charge >= 0.3 is 0 Å². The normalized spacial score (nSPS) is 26.6. The fourth-order valence-corrected chi connectivity index (χ4v) is 3.18. The van der Waals surface area contributed by atoms with Crippen LogP contribution >= 0.6 is 0 Å². The van der Waals surface area contributed by atoms with Crippen LogP contribution in [0.25, 0.3) is 0 Å². The van der Waals surface area contributed by atoms with Crippen LogP contribution in [0.5, 0.6) is 0 Å². The van der Waals surface area contributed by atoms with Crippen molar-refractivity contribution in [2.45, 2.75) is 37.6 Å². The zero-order chi connectivity index (χ0) is 9.65. The van der Waals surface area contributed by atoms with Gasteiger partial charge in [-0.1, -0.05) is 12.5 Å². The second-order valence-electron chi connectivity index (χ2n) is 5.10. The van der Waals surface area contributed by atoms with Gasteiger partial charge in [0.1, 0.15) is 0 Å². The average Bonchev–Trinajstić information content (AvgIpc) is 2.11. The molecule has 0 saturated heterocycles. The summed E-state index contributed by atoms with van der Waals surface area (Å²) in [6.45, 7) is 0. The molecular formula is C12H16N2. The fourth-order valence-electron chi connectivity index (χ4n) is 3.18. The average molecular weight is 188 g/mol. The van der Waals surface area contributed by atoms with Crippen molar-refractivity contribution < 1.29 is 0 Å². The first-order chi connectivity index (χ1) is 6.73. The molecular weight excluding hydrogens is 172 g/mol. The molecule has 0 amide bonds. The molecule has 1 aromatic heterocycles. The number of nitrogens with zero attached hydrogens (tertiary/aromatic N) is 1. The van der Waals surface area contributed by atoms with Gasteiger partial charge in [-0.05, 0) is 42.7 Å². The number of hydrogen-bond donors (Lipinski definition) is 1. The van der Waals surface area contributed by atoms with Crippen LogP contribution in [0.3, 0.4) is 0 Å². The SMILES string of the molecule is NC1(c2cccnc2)CC2(CCC2)C1. The standard InChI is InChI=1S/C12H16N2/c13-12(10-3-1-6-14-7-10)8-11(9-12)4-2-5-11/h1,3,6-7H,2,4-5,8-9,13H2.